The third-order valence-corrected chi connectivity index (χ3v) is 8.84. The van der Waals surface area contributed by atoms with E-state index in [1.807, 2.05) is 71.8 Å². The Morgan fingerprint density at radius 3 is 2.44 bits per heavy atom. The van der Waals surface area contributed by atoms with Crippen molar-refractivity contribution in [1.82, 2.24) is 4.90 Å². The average Bonchev–Trinajstić information content (AvgIpc) is 3.70. The number of carbonyl (C=O) groups is 3. The summed E-state index contributed by atoms with van der Waals surface area (Å²) >= 11 is 0. The van der Waals surface area contributed by atoms with Crippen LogP contribution in [0.15, 0.2) is 103 Å². The Bertz CT molecular complexity index is 1800. The number of fused-ring (bicyclic) bond motifs is 7. The van der Waals surface area contributed by atoms with Crippen LogP contribution in [0.2, 0.25) is 0 Å². The second-order valence-electron chi connectivity index (χ2n) is 10.7. The molecular weight excluding hydrogens is 516 g/mol. The van der Waals surface area contributed by atoms with E-state index in [-0.39, 0.29) is 24.3 Å². The number of nitrogens with one attached hydrogen (secondary N) is 1. The zero-order chi connectivity index (χ0) is 27.7. The summed E-state index contributed by atoms with van der Waals surface area (Å²) in [6.07, 6.45) is 3.82. The number of rotatable bonds is 4. The molecule has 4 aromatic rings. The number of nitrogens with zero attached hydrogens (tertiary/aromatic N) is 1. The van der Waals surface area contributed by atoms with E-state index in [4.69, 9.17) is 9.47 Å². The van der Waals surface area contributed by atoms with Gasteiger partial charge in [-0.3, -0.25) is 14.4 Å². The summed E-state index contributed by atoms with van der Waals surface area (Å²) in [5, 5.41) is 3.07. The van der Waals surface area contributed by atoms with Crippen LogP contribution in [0, 0.1) is 5.92 Å². The Balaban J connectivity index is 1.41. The number of carbonyl (C=O) groups excluding carboxylic acids is 3. The Labute approximate surface area is 236 Å². The Hall–Kier alpha value is -5.17. The summed E-state index contributed by atoms with van der Waals surface area (Å²) in [4.78, 5) is 45.8. The maximum absolute atomic E-state index is 14.7. The molecule has 0 aromatic heterocycles. The van der Waals surface area contributed by atoms with Crippen LogP contribution in [0.1, 0.15) is 43.4 Å². The molecule has 4 aromatic carbocycles. The van der Waals surface area contributed by atoms with E-state index >= 15 is 0 Å². The molecular formula is C34H24N2O5. The van der Waals surface area contributed by atoms with E-state index in [1.54, 1.807) is 42.5 Å². The number of ether oxygens (including phenoxy) is 2. The molecule has 0 bridgehead atoms. The van der Waals surface area contributed by atoms with E-state index in [9.17, 15) is 14.4 Å². The van der Waals surface area contributed by atoms with Gasteiger partial charge in [-0.05, 0) is 47.0 Å². The van der Waals surface area contributed by atoms with E-state index in [0.717, 1.165) is 16.7 Å². The van der Waals surface area contributed by atoms with Gasteiger partial charge in [-0.2, -0.15) is 0 Å². The highest BCUT2D eigenvalue weighted by Crippen LogP contribution is 2.62. The number of hydrogen-bond donors (Lipinski definition) is 1. The van der Waals surface area contributed by atoms with Crippen LogP contribution < -0.4 is 14.8 Å². The average molecular weight is 541 g/mol. The molecule has 0 aliphatic carbocycles. The lowest BCUT2D eigenvalue weighted by Gasteiger charge is -2.38. The minimum absolute atomic E-state index is 0.0826. The zero-order valence-corrected chi connectivity index (χ0v) is 21.8. The van der Waals surface area contributed by atoms with Crippen molar-refractivity contribution in [2.45, 2.75) is 17.5 Å². The summed E-state index contributed by atoms with van der Waals surface area (Å²) in [7, 11) is 0. The molecule has 1 N–H and O–H groups in total. The molecule has 1 saturated heterocycles. The van der Waals surface area contributed by atoms with Gasteiger partial charge in [0.05, 0.1) is 12.0 Å². The lowest BCUT2D eigenvalue weighted by atomic mass is 9.62. The third-order valence-electron chi connectivity index (χ3n) is 8.84. The normalized spacial score (nSPS) is 24.5. The maximum atomic E-state index is 14.7. The van der Waals surface area contributed by atoms with Crippen LogP contribution in [0.5, 0.6) is 11.5 Å². The highest BCUT2D eigenvalue weighted by Gasteiger charge is 2.70. The Kier molecular flexibility index (Phi) is 5.01. The fourth-order valence-corrected chi connectivity index (χ4v) is 7.17. The maximum Gasteiger partial charge on any atom is 0.238 e. The van der Waals surface area contributed by atoms with Gasteiger partial charge in [0.1, 0.15) is 11.5 Å². The highest BCUT2D eigenvalue weighted by atomic mass is 16.7. The lowest BCUT2D eigenvalue weighted by Crippen LogP contribution is -2.49. The Morgan fingerprint density at radius 1 is 0.805 bits per heavy atom. The van der Waals surface area contributed by atoms with Crippen molar-refractivity contribution in [3.63, 3.8) is 0 Å². The first kappa shape index (κ1) is 23.7. The molecule has 1 amide bonds. The molecule has 200 valence electrons. The summed E-state index contributed by atoms with van der Waals surface area (Å²) in [5.41, 5.74) is 2.71. The number of para-hydroxylation sites is 1. The van der Waals surface area contributed by atoms with Crippen LogP contribution in [0.3, 0.4) is 0 Å². The van der Waals surface area contributed by atoms with Crippen molar-refractivity contribution in [3.05, 3.63) is 131 Å². The third kappa shape index (κ3) is 3.17. The smallest absolute Gasteiger partial charge is 0.238 e. The minimum atomic E-state index is -1.36. The van der Waals surface area contributed by atoms with E-state index in [1.165, 1.54) is 0 Å². The van der Waals surface area contributed by atoms with Gasteiger partial charge in [0.25, 0.3) is 0 Å². The monoisotopic (exact) mass is 540 g/mol. The molecule has 0 saturated carbocycles. The van der Waals surface area contributed by atoms with Crippen LogP contribution in [-0.4, -0.2) is 35.2 Å². The first-order chi connectivity index (χ1) is 20.1. The van der Waals surface area contributed by atoms with E-state index in [0.29, 0.717) is 28.3 Å². The molecule has 1 spiro atoms. The molecule has 0 radical (unpaired) electrons. The summed E-state index contributed by atoms with van der Waals surface area (Å²) in [6, 6.07) is 27.8. The van der Waals surface area contributed by atoms with Gasteiger partial charge in [-0.15, -0.1) is 0 Å². The molecule has 4 unspecified atom stereocenters. The van der Waals surface area contributed by atoms with Crippen molar-refractivity contribution >= 4 is 29.2 Å². The fraction of sp³-hybridized carbons (Fsp3) is 0.147. The molecule has 4 atom stereocenters. The predicted molar refractivity (Wildman–Crippen MR) is 152 cm³/mol. The van der Waals surface area contributed by atoms with Crippen LogP contribution in [0.4, 0.5) is 5.69 Å². The first-order valence-corrected chi connectivity index (χ1v) is 13.6. The van der Waals surface area contributed by atoms with E-state index in [2.05, 4.69) is 5.32 Å². The molecule has 4 aliphatic rings. The van der Waals surface area contributed by atoms with Gasteiger partial charge >= 0.3 is 0 Å². The van der Waals surface area contributed by atoms with Gasteiger partial charge in [-0.1, -0.05) is 72.8 Å². The topological polar surface area (TPSA) is 84.9 Å². The van der Waals surface area contributed by atoms with Crippen molar-refractivity contribution in [2.24, 2.45) is 5.92 Å². The lowest BCUT2D eigenvalue weighted by molar-refractivity contribution is -0.122. The summed E-state index contributed by atoms with van der Waals surface area (Å²) < 4.78 is 11.0. The first-order valence-electron chi connectivity index (χ1n) is 13.6. The van der Waals surface area contributed by atoms with Crippen molar-refractivity contribution in [1.29, 1.82) is 0 Å². The van der Waals surface area contributed by atoms with Gasteiger partial charge in [0.2, 0.25) is 12.7 Å². The predicted octanol–water partition coefficient (Wildman–Crippen LogP) is 5.40. The SMILES string of the molecule is O=C(c1ccc2c(c1)OCO2)C1C(C(=O)c2ccccc2)C2(C(=O)Nc3ccccc32)C2c3ccccc3C=CN12. The zero-order valence-electron chi connectivity index (χ0n) is 21.8. The van der Waals surface area contributed by atoms with Crippen molar-refractivity contribution in [2.75, 3.05) is 12.1 Å². The van der Waals surface area contributed by atoms with Gasteiger partial charge in [0, 0.05) is 23.0 Å². The molecule has 1 fully saturated rings. The van der Waals surface area contributed by atoms with Crippen molar-refractivity contribution in [3.8, 4) is 11.5 Å². The molecule has 41 heavy (non-hydrogen) atoms. The number of anilines is 1. The highest BCUT2D eigenvalue weighted by molar-refractivity contribution is 6.16. The van der Waals surface area contributed by atoms with Crippen LogP contribution in [0.25, 0.3) is 6.08 Å². The Morgan fingerprint density at radius 2 is 1.56 bits per heavy atom. The fourth-order valence-electron chi connectivity index (χ4n) is 7.17. The quantitative estimate of drug-likeness (QED) is 0.349. The number of Topliss-reactive ketones (excluding diaryl/α,β-unsaturated/α-hetero) is 2. The molecule has 7 nitrogen and oxygen atoms in total. The molecule has 7 heteroatoms. The molecule has 8 rings (SSSR count). The van der Waals surface area contributed by atoms with Gasteiger partial charge < -0.3 is 19.7 Å². The number of amides is 1. The summed E-state index contributed by atoms with van der Waals surface area (Å²) in [6.45, 7) is 0.0826. The van der Waals surface area contributed by atoms with E-state index < -0.39 is 23.4 Å². The van der Waals surface area contributed by atoms with Gasteiger partial charge in [-0.25, -0.2) is 0 Å². The molecule has 4 aliphatic heterocycles. The second-order valence-corrected chi connectivity index (χ2v) is 10.7. The second kappa shape index (κ2) is 8.66. The number of ketones is 2. The van der Waals surface area contributed by atoms with Crippen LogP contribution >= 0.6 is 0 Å². The molecule has 4 heterocycles. The van der Waals surface area contributed by atoms with Crippen LogP contribution in [-0.2, 0) is 10.2 Å². The standard InChI is InChI=1S/C34H24N2O5/c37-30(21-9-2-1-3-10-21)28-29(31(38)22-14-15-26-27(18-22)41-19-40-26)36-17-16-20-8-4-5-11-23(20)32(36)34(28)24-12-6-7-13-25(24)35-33(34)39/h1-18,28-29,32H,19H2,(H,35,39). The van der Waals surface area contributed by atoms with Crippen molar-refractivity contribution < 1.29 is 23.9 Å². The van der Waals surface area contributed by atoms with Gasteiger partial charge in [0.15, 0.2) is 23.1 Å². The number of benzene rings is 4. The number of hydrogen-bond acceptors (Lipinski definition) is 6. The summed E-state index contributed by atoms with van der Waals surface area (Å²) in [5.74, 6) is -0.775. The minimum Gasteiger partial charge on any atom is -0.454 e. The largest absolute Gasteiger partial charge is 0.454 e.